The Morgan fingerprint density at radius 2 is 1.94 bits per heavy atom. The van der Waals surface area contributed by atoms with Gasteiger partial charge in [0.2, 0.25) is 0 Å². The second-order valence-electron chi connectivity index (χ2n) is 5.33. The van der Waals surface area contributed by atoms with E-state index >= 15 is 0 Å². The number of amidine groups is 1. The molecule has 0 fully saturated rings. The van der Waals surface area contributed by atoms with Gasteiger partial charge in [-0.2, -0.15) is 0 Å². The van der Waals surface area contributed by atoms with E-state index in [2.05, 4.69) is 44.9 Å². The number of hydrogen-bond donors (Lipinski definition) is 1. The molecule has 0 saturated carbocycles. The molecule has 0 bridgehead atoms. The minimum atomic E-state index is 0.707. The van der Waals surface area contributed by atoms with Gasteiger partial charge in [0.05, 0.1) is 6.54 Å². The number of nitrogens with zero attached hydrogens (tertiary/aromatic N) is 1. The number of nitrogens with one attached hydrogen (secondary N) is 1. The highest BCUT2D eigenvalue weighted by atomic mass is 32.2. The van der Waals surface area contributed by atoms with E-state index in [1.54, 1.807) is 0 Å². The predicted octanol–water partition coefficient (Wildman–Crippen LogP) is 3.39. The lowest BCUT2D eigenvalue weighted by Gasteiger charge is -2.25. The van der Waals surface area contributed by atoms with Crippen molar-refractivity contribution in [1.82, 2.24) is 5.32 Å². The molecule has 94 valence electrons. The second kappa shape index (κ2) is 6.53. The van der Waals surface area contributed by atoms with Gasteiger partial charge in [0.25, 0.3) is 0 Å². The molecule has 0 radical (unpaired) electrons. The maximum Gasteiger partial charge on any atom is 0.156 e. The van der Waals surface area contributed by atoms with Crippen LogP contribution in [0.1, 0.15) is 41.0 Å². The van der Waals surface area contributed by atoms with Gasteiger partial charge in [-0.3, -0.25) is 4.99 Å². The van der Waals surface area contributed by atoms with Crippen LogP contribution in [-0.2, 0) is 0 Å². The third-order valence-electron chi connectivity index (χ3n) is 3.37. The van der Waals surface area contributed by atoms with Crippen LogP contribution in [0.15, 0.2) is 4.99 Å². The van der Waals surface area contributed by atoms with E-state index in [9.17, 15) is 0 Å². The van der Waals surface area contributed by atoms with Crippen molar-refractivity contribution in [3.63, 3.8) is 0 Å². The van der Waals surface area contributed by atoms with Crippen LogP contribution >= 0.6 is 11.8 Å². The van der Waals surface area contributed by atoms with Crippen molar-refractivity contribution in [3.05, 3.63) is 0 Å². The Hall–Kier alpha value is -0.180. The molecule has 1 N–H and O–H groups in total. The fourth-order valence-corrected chi connectivity index (χ4v) is 3.12. The quantitative estimate of drug-likeness (QED) is 0.799. The third kappa shape index (κ3) is 4.00. The van der Waals surface area contributed by atoms with Gasteiger partial charge in [0.15, 0.2) is 5.17 Å². The Bertz CT molecular complexity index is 228. The van der Waals surface area contributed by atoms with Gasteiger partial charge in [0, 0.05) is 11.8 Å². The molecule has 0 saturated heterocycles. The summed E-state index contributed by atoms with van der Waals surface area (Å²) < 4.78 is 0. The molecule has 0 amide bonds. The normalized spacial score (nSPS) is 21.0. The summed E-state index contributed by atoms with van der Waals surface area (Å²) in [5.41, 5.74) is 0. The van der Waals surface area contributed by atoms with E-state index in [1.807, 2.05) is 11.8 Å². The molecular formula is C13H26N2S. The second-order valence-corrected chi connectivity index (χ2v) is 6.62. The lowest BCUT2D eigenvalue weighted by molar-refractivity contribution is 0.288. The average Bonchev–Trinajstić information content (AvgIpc) is 2.65. The summed E-state index contributed by atoms with van der Waals surface area (Å²) in [5.74, 6) is 2.21. The Kier molecular flexibility index (Phi) is 5.67. The van der Waals surface area contributed by atoms with Crippen molar-refractivity contribution >= 4 is 16.9 Å². The van der Waals surface area contributed by atoms with Crippen molar-refractivity contribution < 1.29 is 0 Å². The Balaban J connectivity index is 2.33. The summed E-state index contributed by atoms with van der Waals surface area (Å²) in [7, 11) is 0. The highest BCUT2D eigenvalue weighted by Crippen LogP contribution is 2.24. The molecular weight excluding hydrogens is 216 g/mol. The minimum Gasteiger partial charge on any atom is -0.365 e. The molecule has 0 spiro atoms. The fraction of sp³-hybridized carbons (Fsp3) is 0.923. The number of thioether (sulfide) groups is 1. The summed E-state index contributed by atoms with van der Waals surface area (Å²) in [6, 6.07) is 0. The summed E-state index contributed by atoms with van der Waals surface area (Å²) in [4.78, 5) is 4.55. The number of rotatable bonds is 5. The van der Waals surface area contributed by atoms with Gasteiger partial charge in [-0.1, -0.05) is 46.4 Å². The van der Waals surface area contributed by atoms with Gasteiger partial charge < -0.3 is 5.32 Å². The van der Waals surface area contributed by atoms with Crippen LogP contribution in [-0.4, -0.2) is 23.5 Å². The van der Waals surface area contributed by atoms with Crippen LogP contribution in [0.25, 0.3) is 0 Å². The summed E-state index contributed by atoms with van der Waals surface area (Å²) in [6.45, 7) is 13.5. The summed E-state index contributed by atoms with van der Waals surface area (Å²) >= 11 is 1.91. The van der Waals surface area contributed by atoms with E-state index in [1.165, 1.54) is 6.42 Å². The van der Waals surface area contributed by atoms with Gasteiger partial charge in [-0.15, -0.1) is 0 Å². The highest BCUT2D eigenvalue weighted by Gasteiger charge is 2.21. The van der Waals surface area contributed by atoms with E-state index in [0.717, 1.165) is 36.0 Å². The van der Waals surface area contributed by atoms with Gasteiger partial charge in [0.1, 0.15) is 0 Å². The molecule has 0 aromatic rings. The summed E-state index contributed by atoms with van der Waals surface area (Å²) in [6.07, 6.45) is 1.22. The molecule has 0 aromatic carbocycles. The molecule has 1 atom stereocenters. The van der Waals surface area contributed by atoms with Crippen molar-refractivity contribution in [2.45, 2.75) is 46.3 Å². The number of hydrogen-bond acceptors (Lipinski definition) is 3. The number of aliphatic imine (C=N–C) groups is 1. The molecule has 1 aliphatic heterocycles. The zero-order valence-electron chi connectivity index (χ0n) is 11.3. The van der Waals surface area contributed by atoms with E-state index in [0.29, 0.717) is 5.25 Å². The van der Waals surface area contributed by atoms with Crippen molar-refractivity contribution in [2.75, 3.05) is 13.1 Å². The molecule has 1 aliphatic rings. The predicted molar refractivity (Wildman–Crippen MR) is 75.1 cm³/mol. The topological polar surface area (TPSA) is 24.4 Å². The molecule has 16 heavy (non-hydrogen) atoms. The zero-order chi connectivity index (χ0) is 12.1. The molecule has 3 heteroatoms. The Morgan fingerprint density at radius 1 is 1.31 bits per heavy atom. The molecule has 1 rings (SSSR count). The lowest BCUT2D eigenvalue weighted by atomic mass is 9.86. The van der Waals surface area contributed by atoms with Gasteiger partial charge in [-0.25, -0.2) is 0 Å². The lowest BCUT2D eigenvalue weighted by Crippen LogP contribution is -2.32. The molecule has 2 nitrogen and oxygen atoms in total. The maximum atomic E-state index is 4.55. The first kappa shape index (κ1) is 13.9. The van der Waals surface area contributed by atoms with Crippen LogP contribution in [0, 0.1) is 17.8 Å². The Labute approximate surface area is 105 Å². The fourth-order valence-electron chi connectivity index (χ4n) is 2.17. The largest absolute Gasteiger partial charge is 0.365 e. The van der Waals surface area contributed by atoms with Crippen molar-refractivity contribution in [2.24, 2.45) is 22.7 Å². The average molecular weight is 242 g/mol. The molecule has 1 unspecified atom stereocenters. The molecule has 0 aliphatic carbocycles. The molecule has 1 heterocycles. The first-order valence-corrected chi connectivity index (χ1v) is 7.37. The van der Waals surface area contributed by atoms with Crippen LogP contribution in [0.5, 0.6) is 0 Å². The first-order valence-electron chi connectivity index (χ1n) is 6.49. The minimum absolute atomic E-state index is 0.707. The standard InChI is InChI=1S/C13H26N2S/c1-6-11-7-14-13(16-11)15-8-12(9(2)3)10(4)5/h9-12H,6-8H2,1-5H3,(H,14,15). The SMILES string of the molecule is CCC1CN=C(NCC(C(C)C)C(C)C)S1. The van der Waals surface area contributed by atoms with Gasteiger partial charge >= 0.3 is 0 Å². The highest BCUT2D eigenvalue weighted by molar-refractivity contribution is 8.14. The third-order valence-corrected chi connectivity index (χ3v) is 4.69. The van der Waals surface area contributed by atoms with Crippen LogP contribution in [0.4, 0.5) is 0 Å². The smallest absolute Gasteiger partial charge is 0.156 e. The van der Waals surface area contributed by atoms with E-state index in [4.69, 9.17) is 0 Å². The van der Waals surface area contributed by atoms with E-state index in [-0.39, 0.29) is 0 Å². The first-order chi connectivity index (χ1) is 7.54. The van der Waals surface area contributed by atoms with Crippen molar-refractivity contribution in [3.8, 4) is 0 Å². The van der Waals surface area contributed by atoms with Gasteiger partial charge in [-0.05, 0) is 24.2 Å². The van der Waals surface area contributed by atoms with Crippen LogP contribution < -0.4 is 5.32 Å². The van der Waals surface area contributed by atoms with E-state index < -0.39 is 0 Å². The molecule has 0 aromatic heterocycles. The monoisotopic (exact) mass is 242 g/mol. The maximum absolute atomic E-state index is 4.55. The van der Waals surface area contributed by atoms with Crippen LogP contribution in [0.2, 0.25) is 0 Å². The summed E-state index contributed by atoms with van der Waals surface area (Å²) in [5, 5.41) is 5.39. The zero-order valence-corrected chi connectivity index (χ0v) is 12.1. The van der Waals surface area contributed by atoms with Crippen LogP contribution in [0.3, 0.4) is 0 Å². The van der Waals surface area contributed by atoms with Crippen molar-refractivity contribution in [1.29, 1.82) is 0 Å². The Morgan fingerprint density at radius 3 is 2.38 bits per heavy atom.